The zero-order chi connectivity index (χ0) is 18.3. The molecule has 1 saturated heterocycles. The molecule has 1 aliphatic carbocycles. The third-order valence-electron chi connectivity index (χ3n) is 4.83. The van der Waals surface area contributed by atoms with Crippen LogP contribution in [0.4, 0.5) is 0 Å². The van der Waals surface area contributed by atoms with E-state index >= 15 is 0 Å². The summed E-state index contributed by atoms with van der Waals surface area (Å²) in [5.41, 5.74) is 0.821. The highest BCUT2D eigenvalue weighted by Crippen LogP contribution is 2.38. The lowest BCUT2D eigenvalue weighted by Gasteiger charge is -2.38. The van der Waals surface area contributed by atoms with Gasteiger partial charge in [-0.3, -0.25) is 9.59 Å². The van der Waals surface area contributed by atoms with E-state index in [1.165, 1.54) is 9.80 Å². The lowest BCUT2D eigenvalue weighted by Crippen LogP contribution is -2.58. The van der Waals surface area contributed by atoms with E-state index in [-0.39, 0.29) is 24.9 Å². The van der Waals surface area contributed by atoms with Gasteiger partial charge in [0.15, 0.2) is 5.82 Å². The maximum atomic E-state index is 12.7. The quantitative estimate of drug-likeness (QED) is 0.802. The number of carbonyl (C=O) groups excluding carboxylic acids is 2. The molecule has 2 heterocycles. The first-order chi connectivity index (χ1) is 12.5. The molecule has 1 aliphatic heterocycles. The Morgan fingerprint density at radius 1 is 1.23 bits per heavy atom. The second kappa shape index (κ2) is 6.72. The number of rotatable bonds is 5. The van der Waals surface area contributed by atoms with Gasteiger partial charge in [-0.2, -0.15) is 4.98 Å². The second-order valence-electron chi connectivity index (χ2n) is 6.80. The predicted octanol–water partition coefficient (Wildman–Crippen LogP) is 2.36. The number of amides is 2. The number of nitrogens with zero attached hydrogens (tertiary/aromatic N) is 4. The van der Waals surface area contributed by atoms with E-state index in [4.69, 9.17) is 16.1 Å². The molecule has 1 aromatic heterocycles. The van der Waals surface area contributed by atoms with Gasteiger partial charge in [-0.15, -0.1) is 0 Å². The number of aromatic nitrogens is 2. The zero-order valence-electron chi connectivity index (χ0n) is 14.4. The van der Waals surface area contributed by atoms with Crippen LogP contribution in [-0.2, 0) is 22.7 Å². The van der Waals surface area contributed by atoms with Gasteiger partial charge in [-0.1, -0.05) is 35.0 Å². The van der Waals surface area contributed by atoms with Gasteiger partial charge in [0.2, 0.25) is 17.7 Å². The lowest BCUT2D eigenvalue weighted by molar-refractivity contribution is -0.156. The van der Waals surface area contributed by atoms with Gasteiger partial charge in [0, 0.05) is 17.5 Å². The van der Waals surface area contributed by atoms with Crippen LogP contribution in [0.15, 0.2) is 28.8 Å². The molecule has 2 aromatic rings. The van der Waals surface area contributed by atoms with E-state index in [0.29, 0.717) is 29.2 Å². The normalized spacial score (nSPS) is 20.8. The van der Waals surface area contributed by atoms with Crippen LogP contribution in [0.5, 0.6) is 0 Å². The molecule has 7 nitrogen and oxygen atoms in total. The maximum absolute atomic E-state index is 12.7. The van der Waals surface area contributed by atoms with Crippen LogP contribution in [0, 0.1) is 0 Å². The SMILES string of the molecule is C[C@H]1C(=O)N(Cc2ccccc2Cl)CC(=O)N1Cc1nc(C2CC2)no1. The maximum Gasteiger partial charge on any atom is 0.246 e. The Balaban J connectivity index is 1.45. The van der Waals surface area contributed by atoms with E-state index in [2.05, 4.69) is 10.1 Å². The molecule has 2 aliphatic rings. The Morgan fingerprint density at radius 3 is 2.73 bits per heavy atom. The highest BCUT2D eigenvalue weighted by atomic mass is 35.5. The Bertz CT molecular complexity index is 848. The van der Waals surface area contributed by atoms with Crippen molar-refractivity contribution in [2.45, 2.75) is 44.8 Å². The zero-order valence-corrected chi connectivity index (χ0v) is 15.1. The van der Waals surface area contributed by atoms with E-state index in [0.717, 1.165) is 18.4 Å². The molecule has 0 N–H and O–H groups in total. The summed E-state index contributed by atoms with van der Waals surface area (Å²) in [4.78, 5) is 32.7. The number of halogens is 1. The first kappa shape index (κ1) is 17.0. The van der Waals surface area contributed by atoms with Crippen molar-refractivity contribution in [1.82, 2.24) is 19.9 Å². The summed E-state index contributed by atoms with van der Waals surface area (Å²) in [6, 6.07) is 6.74. The second-order valence-corrected chi connectivity index (χ2v) is 7.21. The fraction of sp³-hybridized carbons (Fsp3) is 0.444. The van der Waals surface area contributed by atoms with Crippen LogP contribution < -0.4 is 0 Å². The minimum atomic E-state index is -0.588. The fourth-order valence-corrected chi connectivity index (χ4v) is 3.32. The average molecular weight is 375 g/mol. The third-order valence-corrected chi connectivity index (χ3v) is 5.20. The average Bonchev–Trinajstić information content (AvgIpc) is 3.37. The predicted molar refractivity (Wildman–Crippen MR) is 93.2 cm³/mol. The first-order valence-electron chi connectivity index (χ1n) is 8.67. The lowest BCUT2D eigenvalue weighted by atomic mass is 10.1. The summed E-state index contributed by atoms with van der Waals surface area (Å²) in [5.74, 6) is 1.19. The number of benzene rings is 1. The van der Waals surface area contributed by atoms with E-state index < -0.39 is 6.04 Å². The van der Waals surface area contributed by atoms with Crippen molar-refractivity contribution in [3.63, 3.8) is 0 Å². The van der Waals surface area contributed by atoms with Crippen LogP contribution in [0.2, 0.25) is 5.02 Å². The molecule has 8 heteroatoms. The van der Waals surface area contributed by atoms with Crippen LogP contribution >= 0.6 is 11.6 Å². The summed E-state index contributed by atoms with van der Waals surface area (Å²) >= 11 is 6.17. The summed E-state index contributed by atoms with van der Waals surface area (Å²) in [6.45, 7) is 2.20. The monoisotopic (exact) mass is 374 g/mol. The van der Waals surface area contributed by atoms with Crippen LogP contribution in [-0.4, -0.2) is 44.3 Å². The van der Waals surface area contributed by atoms with Crippen molar-refractivity contribution >= 4 is 23.4 Å². The molecule has 1 saturated carbocycles. The molecule has 2 fully saturated rings. The Hall–Kier alpha value is -2.41. The van der Waals surface area contributed by atoms with Crippen molar-refractivity contribution in [3.8, 4) is 0 Å². The standard InChI is InChI=1S/C18H19ClN4O3/c1-11-18(25)22(8-13-4-2-3-5-14(13)19)10-16(24)23(11)9-15-20-17(21-26-15)12-6-7-12/h2-5,11-12H,6-10H2,1H3/t11-/m0/s1. The molecule has 26 heavy (non-hydrogen) atoms. The van der Waals surface area contributed by atoms with E-state index in [9.17, 15) is 9.59 Å². The van der Waals surface area contributed by atoms with Gasteiger partial charge in [0.1, 0.15) is 19.1 Å². The molecule has 0 bridgehead atoms. The van der Waals surface area contributed by atoms with Gasteiger partial charge in [0.25, 0.3) is 0 Å². The smallest absolute Gasteiger partial charge is 0.246 e. The summed E-state index contributed by atoms with van der Waals surface area (Å²) < 4.78 is 5.24. The van der Waals surface area contributed by atoms with E-state index in [1.807, 2.05) is 18.2 Å². The van der Waals surface area contributed by atoms with Crippen LogP contribution in [0.3, 0.4) is 0 Å². The Morgan fingerprint density at radius 2 is 2.00 bits per heavy atom. The van der Waals surface area contributed by atoms with E-state index in [1.54, 1.807) is 13.0 Å². The molecule has 4 rings (SSSR count). The van der Waals surface area contributed by atoms with Crippen molar-refractivity contribution in [3.05, 3.63) is 46.6 Å². The molecule has 136 valence electrons. The molecular weight excluding hydrogens is 356 g/mol. The van der Waals surface area contributed by atoms with Gasteiger partial charge < -0.3 is 14.3 Å². The van der Waals surface area contributed by atoms with Crippen molar-refractivity contribution in [1.29, 1.82) is 0 Å². The topological polar surface area (TPSA) is 79.5 Å². The van der Waals surface area contributed by atoms with Crippen molar-refractivity contribution in [2.75, 3.05) is 6.54 Å². The Kier molecular flexibility index (Phi) is 4.40. The molecule has 1 atom stereocenters. The number of carbonyl (C=O) groups is 2. The van der Waals surface area contributed by atoms with Crippen LogP contribution in [0.25, 0.3) is 0 Å². The molecule has 0 spiro atoms. The van der Waals surface area contributed by atoms with Crippen LogP contribution in [0.1, 0.15) is 43.0 Å². The minimum absolute atomic E-state index is 0.0119. The molecule has 1 aromatic carbocycles. The Labute approximate surface area is 155 Å². The fourth-order valence-electron chi connectivity index (χ4n) is 3.12. The molecule has 0 unspecified atom stereocenters. The number of hydrogen-bond donors (Lipinski definition) is 0. The first-order valence-corrected chi connectivity index (χ1v) is 9.05. The highest BCUT2D eigenvalue weighted by Gasteiger charge is 2.38. The largest absolute Gasteiger partial charge is 0.337 e. The number of piperazine rings is 1. The van der Waals surface area contributed by atoms with Gasteiger partial charge in [0.05, 0.1) is 0 Å². The van der Waals surface area contributed by atoms with Gasteiger partial charge >= 0.3 is 0 Å². The minimum Gasteiger partial charge on any atom is -0.337 e. The summed E-state index contributed by atoms with van der Waals surface area (Å²) in [6.07, 6.45) is 2.15. The molecular formula is C18H19ClN4O3. The summed E-state index contributed by atoms with van der Waals surface area (Å²) in [7, 11) is 0. The van der Waals surface area contributed by atoms with Crippen molar-refractivity contribution < 1.29 is 14.1 Å². The molecule has 2 amide bonds. The van der Waals surface area contributed by atoms with Crippen molar-refractivity contribution in [2.24, 2.45) is 0 Å². The molecule has 0 radical (unpaired) electrons. The highest BCUT2D eigenvalue weighted by molar-refractivity contribution is 6.31. The van der Waals surface area contributed by atoms with Gasteiger partial charge in [-0.05, 0) is 31.4 Å². The number of hydrogen-bond acceptors (Lipinski definition) is 5. The van der Waals surface area contributed by atoms with Gasteiger partial charge in [-0.25, -0.2) is 0 Å². The third kappa shape index (κ3) is 3.31. The summed E-state index contributed by atoms with van der Waals surface area (Å²) in [5, 5.41) is 4.54.